The van der Waals surface area contributed by atoms with Crippen molar-refractivity contribution in [2.24, 2.45) is 0 Å². The van der Waals surface area contributed by atoms with Gasteiger partial charge < -0.3 is 20.3 Å². The molecule has 0 spiro atoms. The molecule has 24 heavy (non-hydrogen) atoms. The van der Waals surface area contributed by atoms with Crippen molar-refractivity contribution in [3.8, 4) is 5.75 Å². The highest BCUT2D eigenvalue weighted by atomic mass is 16.5. The Morgan fingerprint density at radius 3 is 2.67 bits per heavy atom. The van der Waals surface area contributed by atoms with E-state index in [0.29, 0.717) is 23.8 Å². The van der Waals surface area contributed by atoms with Crippen molar-refractivity contribution in [2.45, 2.75) is 6.42 Å². The fraction of sp³-hybridized carbons (Fsp3) is 0.353. The topological polar surface area (TPSA) is 79.4 Å². The number of para-hydroxylation sites is 2. The van der Waals surface area contributed by atoms with Crippen molar-refractivity contribution in [1.82, 2.24) is 20.2 Å². The minimum absolute atomic E-state index is 0.218. The Morgan fingerprint density at radius 2 is 2.00 bits per heavy atom. The molecule has 0 aliphatic heterocycles. The van der Waals surface area contributed by atoms with Gasteiger partial charge >= 0.3 is 0 Å². The summed E-state index contributed by atoms with van der Waals surface area (Å²) in [5, 5.41) is 5.95. The highest BCUT2D eigenvalue weighted by Gasteiger charge is 2.08. The molecule has 7 nitrogen and oxygen atoms in total. The Labute approximate surface area is 142 Å². The summed E-state index contributed by atoms with van der Waals surface area (Å²) in [5.74, 6) is 1.04. The third kappa shape index (κ3) is 5.20. The van der Waals surface area contributed by atoms with Crippen molar-refractivity contribution in [3.63, 3.8) is 0 Å². The third-order valence-electron chi connectivity index (χ3n) is 3.32. The quantitative estimate of drug-likeness (QED) is 0.720. The van der Waals surface area contributed by atoms with Crippen molar-refractivity contribution in [2.75, 3.05) is 39.6 Å². The molecule has 0 aliphatic carbocycles. The van der Waals surface area contributed by atoms with Crippen LogP contribution >= 0.6 is 0 Å². The van der Waals surface area contributed by atoms with Crippen LogP contribution in [-0.2, 0) is 0 Å². The largest absolute Gasteiger partial charge is 0.495 e. The second kappa shape index (κ2) is 8.83. The molecule has 7 heteroatoms. The first-order valence-electron chi connectivity index (χ1n) is 7.75. The number of nitrogens with zero attached hydrogens (tertiary/aromatic N) is 3. The second-order valence-electron chi connectivity index (χ2n) is 5.52. The van der Waals surface area contributed by atoms with Gasteiger partial charge in [0.15, 0.2) is 0 Å². The SMILES string of the molecule is COc1ccccc1Nc1cnc(C(=O)NCCCN(C)C)cn1. The summed E-state index contributed by atoms with van der Waals surface area (Å²) in [7, 11) is 5.61. The van der Waals surface area contributed by atoms with Crippen LogP contribution in [-0.4, -0.2) is 55.1 Å². The van der Waals surface area contributed by atoms with E-state index in [9.17, 15) is 4.79 Å². The molecule has 0 aliphatic rings. The van der Waals surface area contributed by atoms with Gasteiger partial charge in [0.2, 0.25) is 0 Å². The van der Waals surface area contributed by atoms with E-state index in [4.69, 9.17) is 4.74 Å². The predicted molar refractivity (Wildman–Crippen MR) is 93.8 cm³/mol. The van der Waals surface area contributed by atoms with Crippen molar-refractivity contribution < 1.29 is 9.53 Å². The maximum absolute atomic E-state index is 12.0. The smallest absolute Gasteiger partial charge is 0.271 e. The molecule has 0 radical (unpaired) electrons. The summed E-state index contributed by atoms with van der Waals surface area (Å²) < 4.78 is 5.27. The van der Waals surface area contributed by atoms with E-state index in [1.165, 1.54) is 12.4 Å². The standard InChI is InChI=1S/C17H23N5O2/c1-22(2)10-6-9-18-17(23)14-11-20-16(12-19-14)21-13-7-4-5-8-15(13)24-3/h4-5,7-8,11-12H,6,9-10H2,1-3H3,(H,18,23)(H,20,21). The van der Waals surface area contributed by atoms with Crippen LogP contribution < -0.4 is 15.4 Å². The van der Waals surface area contributed by atoms with Crippen LogP contribution in [0, 0.1) is 0 Å². The number of carbonyl (C=O) groups is 1. The average Bonchev–Trinajstić information content (AvgIpc) is 2.59. The predicted octanol–water partition coefficient (Wildman–Crippen LogP) is 1.91. The number of benzene rings is 1. The molecule has 0 saturated carbocycles. The van der Waals surface area contributed by atoms with Gasteiger partial charge in [0.05, 0.1) is 25.2 Å². The van der Waals surface area contributed by atoms with Crippen LogP contribution in [0.25, 0.3) is 0 Å². The van der Waals surface area contributed by atoms with E-state index in [1.807, 2.05) is 38.4 Å². The van der Waals surface area contributed by atoms with Gasteiger partial charge in [0.1, 0.15) is 17.3 Å². The fourth-order valence-electron chi connectivity index (χ4n) is 2.08. The molecule has 0 fully saturated rings. The first-order chi connectivity index (χ1) is 11.6. The summed E-state index contributed by atoms with van der Waals surface area (Å²) in [4.78, 5) is 22.5. The summed E-state index contributed by atoms with van der Waals surface area (Å²) in [6.07, 6.45) is 3.87. The van der Waals surface area contributed by atoms with Crippen LogP contribution in [0.15, 0.2) is 36.7 Å². The Balaban J connectivity index is 1.91. The van der Waals surface area contributed by atoms with Gasteiger partial charge in [-0.15, -0.1) is 0 Å². The van der Waals surface area contributed by atoms with E-state index in [-0.39, 0.29) is 5.91 Å². The molecule has 2 aromatic rings. The Kier molecular flexibility index (Phi) is 6.51. The number of amides is 1. The average molecular weight is 329 g/mol. The van der Waals surface area contributed by atoms with Crippen molar-refractivity contribution in [1.29, 1.82) is 0 Å². The molecule has 0 saturated heterocycles. The zero-order chi connectivity index (χ0) is 17.4. The fourth-order valence-corrected chi connectivity index (χ4v) is 2.08. The molecule has 0 unspecified atom stereocenters. The van der Waals surface area contributed by atoms with Crippen LogP contribution in [0.5, 0.6) is 5.75 Å². The number of aromatic nitrogens is 2. The van der Waals surface area contributed by atoms with Gasteiger partial charge in [-0.1, -0.05) is 12.1 Å². The highest BCUT2D eigenvalue weighted by Crippen LogP contribution is 2.25. The molecule has 1 heterocycles. The van der Waals surface area contributed by atoms with Gasteiger partial charge in [-0.25, -0.2) is 9.97 Å². The van der Waals surface area contributed by atoms with E-state index in [1.54, 1.807) is 7.11 Å². The number of ether oxygens (including phenoxy) is 1. The number of rotatable bonds is 8. The number of methoxy groups -OCH3 is 1. The maximum Gasteiger partial charge on any atom is 0.271 e. The van der Waals surface area contributed by atoms with Crippen molar-refractivity contribution in [3.05, 3.63) is 42.4 Å². The lowest BCUT2D eigenvalue weighted by atomic mass is 10.3. The number of hydrogen-bond donors (Lipinski definition) is 2. The summed E-state index contributed by atoms with van der Waals surface area (Å²) in [6.45, 7) is 1.54. The number of hydrogen-bond acceptors (Lipinski definition) is 6. The normalized spacial score (nSPS) is 10.5. The van der Waals surface area contributed by atoms with Crippen molar-refractivity contribution >= 4 is 17.4 Å². The van der Waals surface area contributed by atoms with Crippen LogP contribution in [0.3, 0.4) is 0 Å². The van der Waals surface area contributed by atoms with Crippen LogP contribution in [0.2, 0.25) is 0 Å². The van der Waals surface area contributed by atoms with Gasteiger partial charge in [0, 0.05) is 6.54 Å². The minimum Gasteiger partial charge on any atom is -0.495 e. The number of anilines is 2. The third-order valence-corrected chi connectivity index (χ3v) is 3.32. The molecule has 0 atom stereocenters. The van der Waals surface area contributed by atoms with Gasteiger partial charge in [-0.2, -0.15) is 0 Å². The summed E-state index contributed by atoms with van der Waals surface area (Å²) in [5.41, 5.74) is 1.08. The first kappa shape index (κ1) is 17.7. The monoisotopic (exact) mass is 329 g/mol. The van der Waals surface area contributed by atoms with Gasteiger partial charge in [0.25, 0.3) is 5.91 Å². The lowest BCUT2D eigenvalue weighted by molar-refractivity contribution is 0.0947. The Morgan fingerprint density at radius 1 is 1.21 bits per heavy atom. The maximum atomic E-state index is 12.0. The minimum atomic E-state index is -0.218. The molecule has 2 rings (SSSR count). The molecule has 2 N–H and O–H groups in total. The second-order valence-corrected chi connectivity index (χ2v) is 5.52. The Hall–Kier alpha value is -2.67. The van der Waals surface area contributed by atoms with E-state index in [2.05, 4.69) is 25.5 Å². The first-order valence-corrected chi connectivity index (χ1v) is 7.75. The van der Waals surface area contributed by atoms with E-state index < -0.39 is 0 Å². The van der Waals surface area contributed by atoms with Gasteiger partial charge in [-0.05, 0) is 39.2 Å². The molecule has 1 amide bonds. The number of nitrogens with one attached hydrogen (secondary N) is 2. The summed E-state index contributed by atoms with van der Waals surface area (Å²) >= 11 is 0. The highest BCUT2D eigenvalue weighted by molar-refractivity contribution is 5.92. The summed E-state index contributed by atoms with van der Waals surface area (Å²) in [6, 6.07) is 7.52. The van der Waals surface area contributed by atoms with E-state index >= 15 is 0 Å². The molecule has 1 aromatic heterocycles. The van der Waals surface area contributed by atoms with E-state index in [0.717, 1.165) is 18.7 Å². The van der Waals surface area contributed by atoms with Crippen LogP contribution in [0.1, 0.15) is 16.9 Å². The molecule has 0 bridgehead atoms. The lowest BCUT2D eigenvalue weighted by Crippen LogP contribution is -2.27. The number of carbonyl (C=O) groups excluding carboxylic acids is 1. The van der Waals surface area contributed by atoms with Gasteiger partial charge in [-0.3, -0.25) is 4.79 Å². The van der Waals surface area contributed by atoms with Crippen LogP contribution in [0.4, 0.5) is 11.5 Å². The Bertz CT molecular complexity index is 658. The zero-order valence-corrected chi connectivity index (χ0v) is 14.2. The lowest BCUT2D eigenvalue weighted by Gasteiger charge is -2.11. The molecular weight excluding hydrogens is 306 g/mol. The molecular formula is C17H23N5O2. The zero-order valence-electron chi connectivity index (χ0n) is 14.2. The molecule has 1 aromatic carbocycles. The molecule has 128 valence electrons.